The fourth-order valence-electron chi connectivity index (χ4n) is 3.74. The average molecular weight is 471 g/mol. The van der Waals surface area contributed by atoms with Crippen LogP contribution in [-0.2, 0) is 14.8 Å². The molecule has 0 heterocycles. The van der Waals surface area contributed by atoms with Crippen LogP contribution in [0.25, 0.3) is 0 Å². The maximum Gasteiger partial charge on any atom is 0.227 e. The Labute approximate surface area is 197 Å². The number of carbonyl (C=O) groups is 1. The lowest BCUT2D eigenvalue weighted by atomic mass is 9.86. The number of aryl methyl sites for hydroxylation is 2. The second kappa shape index (κ2) is 10.1. The molecule has 1 saturated carbocycles. The first-order chi connectivity index (χ1) is 15.5. The van der Waals surface area contributed by atoms with E-state index >= 15 is 0 Å². The topological polar surface area (TPSA) is 100.0 Å². The summed E-state index contributed by atoms with van der Waals surface area (Å²) in [6.45, 7) is 8.98. The van der Waals surface area contributed by atoms with Gasteiger partial charge >= 0.3 is 0 Å². The van der Waals surface area contributed by atoms with E-state index in [1.165, 1.54) is 0 Å². The quantitative estimate of drug-likeness (QED) is 0.511. The summed E-state index contributed by atoms with van der Waals surface area (Å²) in [4.78, 5) is 12.8. The van der Waals surface area contributed by atoms with Crippen molar-refractivity contribution < 1.29 is 13.2 Å². The van der Waals surface area contributed by atoms with Crippen LogP contribution in [-0.4, -0.2) is 25.1 Å². The number of sulfonamides is 1. The summed E-state index contributed by atoms with van der Waals surface area (Å²) >= 11 is 0. The van der Waals surface area contributed by atoms with E-state index < -0.39 is 14.8 Å². The summed E-state index contributed by atoms with van der Waals surface area (Å²) in [5, 5.41) is 11.7. The van der Waals surface area contributed by atoms with E-state index in [0.717, 1.165) is 28.2 Å². The van der Waals surface area contributed by atoms with Gasteiger partial charge in [0.1, 0.15) is 0 Å². The number of anilines is 1. The third-order valence-corrected chi connectivity index (χ3v) is 8.34. The van der Waals surface area contributed by atoms with E-state index in [4.69, 9.17) is 0 Å². The Kier molecular flexibility index (Phi) is 7.69. The number of hydrogen-bond donors (Lipinski definition) is 2. The van der Waals surface area contributed by atoms with Gasteiger partial charge in [-0.15, -0.1) is 0 Å². The molecule has 1 amide bonds. The normalized spacial score (nSPS) is 19.5. The minimum absolute atomic E-state index is 0.0236. The number of nitrogens with one attached hydrogen (secondary N) is 2. The van der Waals surface area contributed by atoms with Crippen LogP contribution in [0.3, 0.4) is 0 Å². The molecule has 0 radical (unpaired) electrons. The second-order valence-electron chi connectivity index (χ2n) is 9.76. The SMILES string of the molecule is Cc1ccccc1N=Nc1ccc(NC(=O)C2CCC(NS(=O)(=O)C(C)(C)C)CC2)c(C)c1. The molecule has 1 aliphatic carbocycles. The number of amides is 1. The smallest absolute Gasteiger partial charge is 0.227 e. The van der Waals surface area contributed by atoms with E-state index in [9.17, 15) is 13.2 Å². The maximum absolute atomic E-state index is 12.8. The lowest BCUT2D eigenvalue weighted by Crippen LogP contribution is -2.46. The molecule has 7 nitrogen and oxygen atoms in total. The van der Waals surface area contributed by atoms with Crippen LogP contribution in [0.1, 0.15) is 57.6 Å². The molecule has 0 aliphatic heterocycles. The van der Waals surface area contributed by atoms with Crippen LogP contribution in [0.5, 0.6) is 0 Å². The lowest BCUT2D eigenvalue weighted by molar-refractivity contribution is -0.120. The summed E-state index contributed by atoms with van der Waals surface area (Å²) in [7, 11) is -3.39. The molecular formula is C25H34N4O3S. The zero-order valence-corrected chi connectivity index (χ0v) is 20.9. The Morgan fingerprint density at radius 1 is 0.939 bits per heavy atom. The summed E-state index contributed by atoms with van der Waals surface area (Å²) < 4.78 is 26.7. The van der Waals surface area contributed by atoms with Crippen molar-refractivity contribution in [3.8, 4) is 0 Å². The van der Waals surface area contributed by atoms with Crippen LogP contribution >= 0.6 is 0 Å². The number of rotatable bonds is 6. The Morgan fingerprint density at radius 2 is 1.61 bits per heavy atom. The van der Waals surface area contributed by atoms with Crippen LogP contribution in [0.15, 0.2) is 52.7 Å². The molecule has 2 aromatic rings. The number of benzene rings is 2. The molecule has 33 heavy (non-hydrogen) atoms. The first-order valence-corrected chi connectivity index (χ1v) is 12.9. The molecule has 1 fully saturated rings. The average Bonchev–Trinajstić information content (AvgIpc) is 2.74. The highest BCUT2D eigenvalue weighted by molar-refractivity contribution is 7.90. The van der Waals surface area contributed by atoms with Gasteiger partial charge in [-0.1, -0.05) is 18.2 Å². The van der Waals surface area contributed by atoms with Gasteiger partial charge in [0.05, 0.1) is 16.1 Å². The molecule has 3 rings (SSSR count). The van der Waals surface area contributed by atoms with Gasteiger partial charge in [0.25, 0.3) is 0 Å². The summed E-state index contributed by atoms with van der Waals surface area (Å²) in [6.07, 6.45) is 2.63. The largest absolute Gasteiger partial charge is 0.326 e. The molecule has 2 N–H and O–H groups in total. The zero-order valence-electron chi connectivity index (χ0n) is 20.1. The molecule has 8 heteroatoms. The van der Waals surface area contributed by atoms with Gasteiger partial charge in [-0.3, -0.25) is 4.79 Å². The van der Waals surface area contributed by atoms with Crippen molar-refractivity contribution in [3.63, 3.8) is 0 Å². The Bertz CT molecular complexity index is 1130. The van der Waals surface area contributed by atoms with E-state index in [-0.39, 0.29) is 17.9 Å². The number of hydrogen-bond acceptors (Lipinski definition) is 5. The van der Waals surface area contributed by atoms with Gasteiger partial charge in [-0.05, 0) is 95.7 Å². The fraction of sp³-hybridized carbons (Fsp3) is 0.480. The Balaban J connectivity index is 1.56. The lowest BCUT2D eigenvalue weighted by Gasteiger charge is -2.30. The highest BCUT2D eigenvalue weighted by Gasteiger charge is 2.34. The van der Waals surface area contributed by atoms with Crippen molar-refractivity contribution >= 4 is 33.0 Å². The number of nitrogens with zero attached hydrogens (tertiary/aromatic N) is 2. The first-order valence-electron chi connectivity index (χ1n) is 11.4. The van der Waals surface area contributed by atoms with Crippen LogP contribution in [0.4, 0.5) is 17.1 Å². The predicted octanol–water partition coefficient (Wildman–Crippen LogP) is 5.93. The third kappa shape index (κ3) is 6.48. The molecule has 1 aliphatic rings. The van der Waals surface area contributed by atoms with Crippen molar-refractivity contribution in [1.29, 1.82) is 0 Å². The zero-order chi connectivity index (χ0) is 24.2. The summed E-state index contributed by atoms with van der Waals surface area (Å²) in [5.74, 6) is -0.148. The van der Waals surface area contributed by atoms with Crippen molar-refractivity contribution in [3.05, 3.63) is 53.6 Å². The minimum Gasteiger partial charge on any atom is -0.326 e. The highest BCUT2D eigenvalue weighted by atomic mass is 32.2. The number of azo groups is 1. The first kappa shape index (κ1) is 25.1. The molecule has 0 bridgehead atoms. The van der Waals surface area contributed by atoms with E-state index in [0.29, 0.717) is 25.7 Å². The van der Waals surface area contributed by atoms with Crippen molar-refractivity contribution in [1.82, 2.24) is 4.72 Å². The second-order valence-corrected chi connectivity index (χ2v) is 12.2. The standard InChI is InChI=1S/C25H34N4O3S/c1-17-8-6-7-9-23(17)28-27-21-14-15-22(18(2)16-21)26-24(30)19-10-12-20(13-11-19)29-33(31,32)25(3,4)5/h6-9,14-16,19-20,29H,10-13H2,1-5H3,(H,26,30). The fourth-order valence-corrected chi connectivity index (χ4v) is 4.77. The van der Waals surface area contributed by atoms with Crippen LogP contribution in [0, 0.1) is 19.8 Å². The maximum atomic E-state index is 12.8. The molecule has 2 aromatic carbocycles. The molecule has 0 unspecified atom stereocenters. The molecule has 0 spiro atoms. The Morgan fingerprint density at radius 3 is 2.21 bits per heavy atom. The molecule has 0 saturated heterocycles. The van der Waals surface area contributed by atoms with E-state index in [1.54, 1.807) is 20.8 Å². The highest BCUT2D eigenvalue weighted by Crippen LogP contribution is 2.29. The number of carbonyl (C=O) groups excluding carboxylic acids is 1. The summed E-state index contributed by atoms with van der Waals surface area (Å²) in [5.41, 5.74) is 4.28. The molecule has 0 aromatic heterocycles. The molecule has 0 atom stereocenters. The predicted molar refractivity (Wildman–Crippen MR) is 133 cm³/mol. The third-order valence-electron chi connectivity index (χ3n) is 6.08. The molecule has 178 valence electrons. The van der Waals surface area contributed by atoms with Gasteiger partial charge in [-0.2, -0.15) is 10.2 Å². The van der Waals surface area contributed by atoms with Crippen LogP contribution < -0.4 is 10.0 Å². The van der Waals surface area contributed by atoms with Gasteiger partial charge in [0, 0.05) is 17.6 Å². The van der Waals surface area contributed by atoms with E-state index in [1.807, 2.05) is 56.3 Å². The van der Waals surface area contributed by atoms with E-state index in [2.05, 4.69) is 20.3 Å². The van der Waals surface area contributed by atoms with Crippen molar-refractivity contribution in [2.24, 2.45) is 16.1 Å². The van der Waals surface area contributed by atoms with Crippen molar-refractivity contribution in [2.75, 3.05) is 5.32 Å². The summed E-state index contributed by atoms with van der Waals surface area (Å²) in [6, 6.07) is 13.3. The van der Waals surface area contributed by atoms with Crippen LogP contribution in [0.2, 0.25) is 0 Å². The van der Waals surface area contributed by atoms with Gasteiger partial charge < -0.3 is 5.32 Å². The van der Waals surface area contributed by atoms with Gasteiger partial charge in [0.2, 0.25) is 15.9 Å². The van der Waals surface area contributed by atoms with Gasteiger partial charge in [-0.25, -0.2) is 13.1 Å². The minimum atomic E-state index is -3.39. The van der Waals surface area contributed by atoms with Gasteiger partial charge in [0.15, 0.2) is 0 Å². The molecular weight excluding hydrogens is 436 g/mol. The monoisotopic (exact) mass is 470 g/mol. The Hall–Kier alpha value is -2.58. The van der Waals surface area contributed by atoms with Crippen molar-refractivity contribution in [2.45, 2.75) is 71.1 Å².